The van der Waals surface area contributed by atoms with E-state index in [0.29, 0.717) is 17.5 Å². The highest BCUT2D eigenvalue weighted by atomic mass is 16.3. The molecule has 0 N–H and O–H groups in total. The van der Waals surface area contributed by atoms with Crippen LogP contribution < -0.4 is 0 Å². The lowest BCUT2D eigenvalue weighted by molar-refractivity contribution is 0.668. The molecule has 0 aliphatic heterocycles. The van der Waals surface area contributed by atoms with Crippen LogP contribution in [0, 0.1) is 0 Å². The molecule has 0 aliphatic rings. The highest BCUT2D eigenvalue weighted by Gasteiger charge is 2.22. The van der Waals surface area contributed by atoms with Crippen LogP contribution in [-0.4, -0.2) is 19.9 Å². The van der Waals surface area contributed by atoms with Crippen LogP contribution in [0.25, 0.3) is 122 Å². The van der Waals surface area contributed by atoms with Gasteiger partial charge in [0.1, 0.15) is 33.5 Å². The lowest BCUT2D eigenvalue weighted by Crippen LogP contribution is -2.01. The third-order valence-electron chi connectivity index (χ3n) is 10.8. The SMILES string of the molecule is c1cncc(-c2cccc(-c3nc(-c4ccc5c(c4)oc4ccccc45)nc(-c4ccc(-c5ccc6c(c5)oc5ccccc56)c5oc6ccccc6c45)n3)c2)c1. The van der Waals surface area contributed by atoms with Gasteiger partial charge >= 0.3 is 0 Å². The molecule has 0 spiro atoms. The van der Waals surface area contributed by atoms with Crippen LogP contribution in [0.15, 0.2) is 183 Å². The zero-order chi connectivity index (χ0) is 37.5. The van der Waals surface area contributed by atoms with Crippen molar-refractivity contribution in [3.8, 4) is 56.4 Å². The van der Waals surface area contributed by atoms with Crippen LogP contribution in [-0.2, 0) is 0 Å². The monoisotopic (exact) mass is 732 g/mol. The number of hydrogen-bond acceptors (Lipinski definition) is 7. The summed E-state index contributed by atoms with van der Waals surface area (Å²) < 4.78 is 19.3. The quantitative estimate of drug-likeness (QED) is 0.174. The van der Waals surface area contributed by atoms with Gasteiger partial charge in [0.2, 0.25) is 0 Å². The average molecular weight is 733 g/mol. The molecular weight excluding hydrogens is 705 g/mol. The van der Waals surface area contributed by atoms with E-state index in [-0.39, 0.29) is 0 Å². The Kier molecular flexibility index (Phi) is 6.79. The molecule has 12 aromatic rings. The summed E-state index contributed by atoms with van der Waals surface area (Å²) in [5.41, 5.74) is 11.3. The Labute approximate surface area is 324 Å². The number of benzene rings is 7. The maximum absolute atomic E-state index is 6.72. The Bertz CT molecular complexity index is 3540. The average Bonchev–Trinajstić information content (AvgIpc) is 3.97. The van der Waals surface area contributed by atoms with Crippen LogP contribution in [0.1, 0.15) is 0 Å². The Balaban J connectivity index is 1.08. The standard InChI is InChI=1S/C50H28N4O3/c1-4-15-41-35(12-1)37-20-18-30(26-44(37)55-41)34-22-23-40(46-39-14-3-6-17-43(39)57-47(34)46)50-53-48(31-10-7-9-29(25-31)33-11-8-24-51-28-33)52-49(54-50)32-19-21-38-36-13-2-5-16-42(36)56-45(38)27-32/h1-28H. The predicted molar refractivity (Wildman–Crippen MR) is 227 cm³/mol. The summed E-state index contributed by atoms with van der Waals surface area (Å²) in [6, 6.07) is 53.2. The molecule has 7 nitrogen and oxygen atoms in total. The molecule has 57 heavy (non-hydrogen) atoms. The lowest BCUT2D eigenvalue weighted by Gasteiger charge is -2.11. The smallest absolute Gasteiger partial charge is 0.164 e. The molecule has 0 amide bonds. The van der Waals surface area contributed by atoms with E-state index in [1.54, 1.807) is 6.20 Å². The highest BCUT2D eigenvalue weighted by molar-refractivity contribution is 6.16. The topological polar surface area (TPSA) is 91.0 Å². The van der Waals surface area contributed by atoms with Crippen molar-refractivity contribution in [1.82, 2.24) is 19.9 Å². The molecule has 0 bridgehead atoms. The third kappa shape index (κ3) is 5.06. The molecule has 0 fully saturated rings. The van der Waals surface area contributed by atoms with Crippen molar-refractivity contribution >= 4 is 65.8 Å². The van der Waals surface area contributed by atoms with Crippen molar-refractivity contribution < 1.29 is 13.3 Å². The first-order valence-corrected chi connectivity index (χ1v) is 18.8. The molecule has 0 radical (unpaired) electrons. The minimum absolute atomic E-state index is 0.530. The molecule has 0 aliphatic carbocycles. The third-order valence-corrected chi connectivity index (χ3v) is 10.8. The van der Waals surface area contributed by atoms with Gasteiger partial charge in [0.05, 0.1) is 0 Å². The Morgan fingerprint density at radius 2 is 0.877 bits per heavy atom. The number of aromatic nitrogens is 4. The molecule has 5 heterocycles. The fourth-order valence-corrected chi connectivity index (χ4v) is 8.13. The Hall–Kier alpha value is -7.90. The summed E-state index contributed by atoms with van der Waals surface area (Å²) in [6.07, 6.45) is 3.64. The van der Waals surface area contributed by atoms with Gasteiger partial charge in [-0.3, -0.25) is 4.98 Å². The second-order valence-electron chi connectivity index (χ2n) is 14.2. The number of furan rings is 3. The van der Waals surface area contributed by atoms with E-state index in [0.717, 1.165) is 105 Å². The molecule has 0 saturated carbocycles. The van der Waals surface area contributed by atoms with Gasteiger partial charge < -0.3 is 13.3 Å². The first-order chi connectivity index (χ1) is 28.2. The number of hydrogen-bond donors (Lipinski definition) is 0. The minimum atomic E-state index is 0.530. The second kappa shape index (κ2) is 12.3. The number of nitrogens with zero attached hydrogens (tertiary/aromatic N) is 4. The predicted octanol–water partition coefficient (Wildman–Crippen LogP) is 13.3. The maximum atomic E-state index is 6.72. The summed E-state index contributed by atoms with van der Waals surface area (Å²) in [7, 11) is 0. The van der Waals surface area contributed by atoms with Gasteiger partial charge in [-0.25, -0.2) is 15.0 Å². The van der Waals surface area contributed by atoms with Gasteiger partial charge in [0, 0.05) is 72.5 Å². The van der Waals surface area contributed by atoms with Crippen molar-refractivity contribution in [3.63, 3.8) is 0 Å². The Morgan fingerprint density at radius 1 is 0.333 bits per heavy atom. The fourth-order valence-electron chi connectivity index (χ4n) is 8.13. The summed E-state index contributed by atoms with van der Waals surface area (Å²) in [6.45, 7) is 0. The van der Waals surface area contributed by atoms with Crippen molar-refractivity contribution in [3.05, 3.63) is 170 Å². The van der Waals surface area contributed by atoms with Crippen molar-refractivity contribution in [2.24, 2.45) is 0 Å². The molecule has 7 heteroatoms. The number of fused-ring (bicyclic) bond motifs is 9. The first-order valence-electron chi connectivity index (χ1n) is 18.8. The molecule has 12 rings (SSSR count). The summed E-state index contributed by atoms with van der Waals surface area (Å²) in [4.78, 5) is 19.9. The van der Waals surface area contributed by atoms with Gasteiger partial charge in [0.15, 0.2) is 17.5 Å². The largest absolute Gasteiger partial charge is 0.456 e. The fraction of sp³-hybridized carbons (Fsp3) is 0. The van der Waals surface area contributed by atoms with E-state index in [9.17, 15) is 0 Å². The zero-order valence-corrected chi connectivity index (χ0v) is 30.2. The summed E-state index contributed by atoms with van der Waals surface area (Å²) >= 11 is 0. The first kappa shape index (κ1) is 31.5. The van der Waals surface area contributed by atoms with E-state index >= 15 is 0 Å². The van der Waals surface area contributed by atoms with Crippen LogP contribution >= 0.6 is 0 Å². The molecule has 0 unspecified atom stereocenters. The van der Waals surface area contributed by atoms with Crippen molar-refractivity contribution in [2.45, 2.75) is 0 Å². The van der Waals surface area contributed by atoms with E-state index in [4.69, 9.17) is 28.2 Å². The van der Waals surface area contributed by atoms with Gasteiger partial charge in [-0.15, -0.1) is 0 Å². The van der Waals surface area contributed by atoms with Crippen LogP contribution in [0.2, 0.25) is 0 Å². The normalized spacial score (nSPS) is 11.9. The molecular formula is C50H28N4O3. The van der Waals surface area contributed by atoms with Gasteiger partial charge in [-0.05, 0) is 77.9 Å². The molecule has 0 atom stereocenters. The van der Waals surface area contributed by atoms with Gasteiger partial charge in [0.25, 0.3) is 0 Å². The van der Waals surface area contributed by atoms with Crippen LogP contribution in [0.4, 0.5) is 0 Å². The van der Waals surface area contributed by atoms with E-state index in [1.807, 2.05) is 91.1 Å². The van der Waals surface area contributed by atoms with E-state index in [2.05, 4.69) is 77.8 Å². The number of pyridine rings is 1. The van der Waals surface area contributed by atoms with Gasteiger partial charge in [-0.2, -0.15) is 0 Å². The number of para-hydroxylation sites is 3. The highest BCUT2D eigenvalue weighted by Crippen LogP contribution is 2.43. The molecule has 7 aromatic carbocycles. The molecule has 5 aromatic heterocycles. The summed E-state index contributed by atoms with van der Waals surface area (Å²) in [5, 5.41) is 6.17. The lowest BCUT2D eigenvalue weighted by atomic mass is 9.97. The molecule has 0 saturated heterocycles. The van der Waals surface area contributed by atoms with Crippen LogP contribution in [0.3, 0.4) is 0 Å². The van der Waals surface area contributed by atoms with Crippen molar-refractivity contribution in [1.29, 1.82) is 0 Å². The number of rotatable bonds is 5. The van der Waals surface area contributed by atoms with Gasteiger partial charge in [-0.1, -0.05) is 91.0 Å². The Morgan fingerprint density at radius 3 is 1.58 bits per heavy atom. The van der Waals surface area contributed by atoms with Crippen molar-refractivity contribution in [2.75, 3.05) is 0 Å². The second-order valence-corrected chi connectivity index (χ2v) is 14.2. The molecule has 266 valence electrons. The van der Waals surface area contributed by atoms with E-state index < -0.39 is 0 Å². The minimum Gasteiger partial charge on any atom is -0.456 e. The zero-order valence-electron chi connectivity index (χ0n) is 30.2. The van der Waals surface area contributed by atoms with Crippen LogP contribution in [0.5, 0.6) is 0 Å². The van der Waals surface area contributed by atoms with E-state index in [1.165, 1.54) is 0 Å². The maximum Gasteiger partial charge on any atom is 0.164 e. The summed E-state index contributed by atoms with van der Waals surface area (Å²) in [5.74, 6) is 1.61.